The molecule has 0 aliphatic carbocycles. The highest BCUT2D eigenvalue weighted by atomic mass is 16.2. The van der Waals surface area contributed by atoms with Gasteiger partial charge in [-0.25, -0.2) is 0 Å². The second-order valence-electron chi connectivity index (χ2n) is 5.21. The number of hydrogen-bond acceptors (Lipinski definition) is 3. The molecule has 0 aromatic heterocycles. The Morgan fingerprint density at radius 2 is 2.00 bits per heavy atom. The van der Waals surface area contributed by atoms with Crippen LogP contribution in [0.4, 0.5) is 0 Å². The van der Waals surface area contributed by atoms with Gasteiger partial charge in [0.05, 0.1) is 0 Å². The molecular formula is C12H21N3O2. The maximum absolute atomic E-state index is 12.2. The van der Waals surface area contributed by atoms with Crippen LogP contribution in [0.2, 0.25) is 0 Å². The minimum Gasteiger partial charge on any atom is -0.343 e. The number of rotatable bonds is 1. The second kappa shape index (κ2) is 4.64. The molecule has 3 atom stereocenters. The van der Waals surface area contributed by atoms with Gasteiger partial charge in [0.15, 0.2) is 0 Å². The molecule has 0 aromatic rings. The van der Waals surface area contributed by atoms with E-state index in [9.17, 15) is 9.59 Å². The number of nitrogens with zero attached hydrogens (tertiary/aromatic N) is 2. The second-order valence-corrected chi connectivity index (χ2v) is 5.21. The summed E-state index contributed by atoms with van der Waals surface area (Å²) < 4.78 is 0. The number of carbonyl (C=O) groups excluding carboxylic acids is 2. The van der Waals surface area contributed by atoms with Gasteiger partial charge in [0.25, 0.3) is 0 Å². The number of amides is 2. The van der Waals surface area contributed by atoms with Gasteiger partial charge in [-0.05, 0) is 40.3 Å². The van der Waals surface area contributed by atoms with E-state index in [0.29, 0.717) is 0 Å². The van der Waals surface area contributed by atoms with Gasteiger partial charge < -0.3 is 15.1 Å². The quantitative estimate of drug-likeness (QED) is 0.690. The van der Waals surface area contributed by atoms with Crippen LogP contribution in [-0.2, 0) is 9.59 Å². The van der Waals surface area contributed by atoms with Gasteiger partial charge in [-0.3, -0.25) is 9.59 Å². The zero-order valence-electron chi connectivity index (χ0n) is 10.8. The van der Waals surface area contributed by atoms with E-state index in [1.807, 2.05) is 6.92 Å². The van der Waals surface area contributed by atoms with E-state index in [4.69, 9.17) is 0 Å². The lowest BCUT2D eigenvalue weighted by Crippen LogP contribution is -2.65. The van der Waals surface area contributed by atoms with Gasteiger partial charge >= 0.3 is 0 Å². The summed E-state index contributed by atoms with van der Waals surface area (Å²) in [4.78, 5) is 28.0. The smallest absolute Gasteiger partial charge is 0.245 e. The molecule has 5 heteroatoms. The van der Waals surface area contributed by atoms with E-state index in [1.165, 1.54) is 0 Å². The third-order valence-electron chi connectivity index (χ3n) is 3.77. The van der Waals surface area contributed by atoms with Crippen LogP contribution in [0.3, 0.4) is 0 Å². The normalized spacial score (nSPS) is 35.9. The van der Waals surface area contributed by atoms with Gasteiger partial charge in [-0.1, -0.05) is 0 Å². The van der Waals surface area contributed by atoms with Crippen LogP contribution in [0.1, 0.15) is 26.7 Å². The van der Waals surface area contributed by atoms with Crippen molar-refractivity contribution in [1.29, 1.82) is 0 Å². The number of carbonyl (C=O) groups is 2. The average molecular weight is 239 g/mol. The monoisotopic (exact) mass is 239 g/mol. The van der Waals surface area contributed by atoms with Crippen molar-refractivity contribution in [2.75, 3.05) is 20.1 Å². The molecule has 96 valence electrons. The number of nitrogens with one attached hydrogen (secondary N) is 1. The molecule has 1 N–H and O–H groups in total. The van der Waals surface area contributed by atoms with E-state index < -0.39 is 0 Å². The van der Waals surface area contributed by atoms with Gasteiger partial charge in [0.2, 0.25) is 11.8 Å². The highest BCUT2D eigenvalue weighted by molar-refractivity contribution is 5.96. The molecule has 0 saturated carbocycles. The van der Waals surface area contributed by atoms with E-state index in [0.717, 1.165) is 25.9 Å². The first-order valence-electron chi connectivity index (χ1n) is 6.32. The Morgan fingerprint density at radius 3 is 2.65 bits per heavy atom. The molecule has 0 aromatic carbocycles. The first kappa shape index (κ1) is 12.4. The highest BCUT2D eigenvalue weighted by Crippen LogP contribution is 2.20. The van der Waals surface area contributed by atoms with Crippen LogP contribution in [-0.4, -0.2) is 59.9 Å². The van der Waals surface area contributed by atoms with Gasteiger partial charge in [0.1, 0.15) is 12.1 Å². The van der Waals surface area contributed by atoms with Crippen molar-refractivity contribution >= 4 is 11.8 Å². The maximum Gasteiger partial charge on any atom is 0.245 e. The van der Waals surface area contributed by atoms with E-state index in [2.05, 4.69) is 17.3 Å². The molecule has 2 aliphatic rings. The predicted molar refractivity (Wildman–Crippen MR) is 64.4 cm³/mol. The Kier molecular flexibility index (Phi) is 3.38. The van der Waals surface area contributed by atoms with Crippen molar-refractivity contribution in [3.8, 4) is 0 Å². The van der Waals surface area contributed by atoms with Crippen LogP contribution in [0.25, 0.3) is 0 Å². The summed E-state index contributed by atoms with van der Waals surface area (Å²) in [5, 5.41) is 2.72. The Balaban J connectivity index is 2.15. The number of hydrogen-bond donors (Lipinski definition) is 1. The van der Waals surface area contributed by atoms with E-state index in [-0.39, 0.29) is 29.9 Å². The molecular weight excluding hydrogens is 218 g/mol. The van der Waals surface area contributed by atoms with E-state index >= 15 is 0 Å². The van der Waals surface area contributed by atoms with Gasteiger partial charge in [-0.15, -0.1) is 0 Å². The van der Waals surface area contributed by atoms with Crippen molar-refractivity contribution in [2.24, 2.45) is 0 Å². The first-order chi connectivity index (χ1) is 8.00. The Labute approximate surface area is 102 Å². The molecule has 5 nitrogen and oxygen atoms in total. The van der Waals surface area contributed by atoms with Gasteiger partial charge in [0, 0.05) is 12.6 Å². The van der Waals surface area contributed by atoms with Crippen molar-refractivity contribution in [1.82, 2.24) is 15.1 Å². The fourth-order valence-electron chi connectivity index (χ4n) is 2.80. The summed E-state index contributed by atoms with van der Waals surface area (Å²) in [6.45, 7) is 5.52. The SMILES string of the molecule is CC1NC(=O)C(C)N(C2CCCN(C)C2)C1=O. The lowest BCUT2D eigenvalue weighted by Gasteiger charge is -2.44. The third-order valence-corrected chi connectivity index (χ3v) is 3.77. The molecule has 2 heterocycles. The molecule has 2 rings (SSSR count). The summed E-state index contributed by atoms with van der Waals surface area (Å²) in [6, 6.07) is -0.536. The molecule has 2 saturated heterocycles. The zero-order chi connectivity index (χ0) is 12.6. The number of likely N-dealkylation sites (N-methyl/N-ethyl adjacent to an activating group) is 1. The zero-order valence-corrected chi connectivity index (χ0v) is 10.8. The maximum atomic E-state index is 12.2. The lowest BCUT2D eigenvalue weighted by molar-refractivity contribution is -0.152. The van der Waals surface area contributed by atoms with Crippen LogP contribution in [0, 0.1) is 0 Å². The van der Waals surface area contributed by atoms with Crippen LogP contribution < -0.4 is 5.32 Å². The molecule has 0 spiro atoms. The molecule has 2 fully saturated rings. The predicted octanol–water partition coefficient (Wildman–Crippen LogP) is -0.184. The van der Waals surface area contributed by atoms with Crippen molar-refractivity contribution < 1.29 is 9.59 Å². The Morgan fingerprint density at radius 1 is 1.29 bits per heavy atom. The highest BCUT2D eigenvalue weighted by Gasteiger charge is 2.40. The molecule has 2 aliphatic heterocycles. The van der Waals surface area contributed by atoms with Crippen molar-refractivity contribution in [2.45, 2.75) is 44.8 Å². The third kappa shape index (κ3) is 2.29. The summed E-state index contributed by atoms with van der Waals surface area (Å²) >= 11 is 0. The van der Waals surface area contributed by atoms with Crippen LogP contribution in [0.5, 0.6) is 0 Å². The summed E-state index contributed by atoms with van der Waals surface area (Å²) in [7, 11) is 2.06. The van der Waals surface area contributed by atoms with E-state index in [1.54, 1.807) is 11.8 Å². The molecule has 0 radical (unpaired) electrons. The average Bonchev–Trinajstić information content (AvgIpc) is 2.27. The fourth-order valence-corrected chi connectivity index (χ4v) is 2.80. The first-order valence-corrected chi connectivity index (χ1v) is 6.32. The summed E-state index contributed by atoms with van der Waals surface area (Å²) in [6.07, 6.45) is 2.09. The van der Waals surface area contributed by atoms with Gasteiger partial charge in [-0.2, -0.15) is 0 Å². The lowest BCUT2D eigenvalue weighted by atomic mass is 9.99. The largest absolute Gasteiger partial charge is 0.343 e. The Hall–Kier alpha value is -1.10. The molecule has 3 unspecified atom stereocenters. The summed E-state index contributed by atoms with van der Waals surface area (Å²) in [5.41, 5.74) is 0. The van der Waals surface area contributed by atoms with Crippen molar-refractivity contribution in [3.05, 3.63) is 0 Å². The Bertz CT molecular complexity index is 332. The minimum absolute atomic E-state index is 0.0367. The number of piperidine rings is 1. The molecule has 0 bridgehead atoms. The van der Waals surface area contributed by atoms with Crippen LogP contribution in [0.15, 0.2) is 0 Å². The minimum atomic E-state index is -0.383. The number of likely N-dealkylation sites (tertiary alicyclic amines) is 1. The van der Waals surface area contributed by atoms with Crippen LogP contribution >= 0.6 is 0 Å². The summed E-state index contributed by atoms with van der Waals surface area (Å²) in [5.74, 6) is 0.0164. The fraction of sp³-hybridized carbons (Fsp3) is 0.833. The molecule has 2 amide bonds. The topological polar surface area (TPSA) is 52.7 Å². The van der Waals surface area contributed by atoms with Crippen molar-refractivity contribution in [3.63, 3.8) is 0 Å². The number of piperazine rings is 1. The molecule has 17 heavy (non-hydrogen) atoms. The standard InChI is InChI=1S/C12H21N3O2/c1-8-12(17)15(9(2)11(16)13-8)10-5-4-6-14(3)7-10/h8-10H,4-7H2,1-3H3,(H,13,16).